The van der Waals surface area contributed by atoms with E-state index < -0.39 is 0 Å². The van der Waals surface area contributed by atoms with Gasteiger partial charge in [-0.3, -0.25) is 0 Å². The molecule has 3 rings (SSSR count). The predicted molar refractivity (Wildman–Crippen MR) is 92.5 cm³/mol. The first-order valence-electron chi connectivity index (χ1n) is 6.55. The normalized spacial score (nSPS) is 17.9. The molecule has 0 fully saturated rings. The highest BCUT2D eigenvalue weighted by atomic mass is 79.9. The lowest BCUT2D eigenvalue weighted by molar-refractivity contribution is 0.608. The standard InChI is InChI=1S/C15H14BrCl2NS/c1-8-5-10(16)13(7-11(8)17)19-12-3-2-4-14-9(12)6-15(18)20-14/h5-7,12,19H,2-4H2,1H3. The molecule has 1 nitrogen and oxygen atoms in total. The summed E-state index contributed by atoms with van der Waals surface area (Å²) in [6.45, 7) is 2.01. The molecular formula is C15H14BrCl2NS. The summed E-state index contributed by atoms with van der Waals surface area (Å²) in [6, 6.07) is 6.46. The van der Waals surface area contributed by atoms with Crippen LogP contribution in [-0.2, 0) is 6.42 Å². The first-order valence-corrected chi connectivity index (χ1v) is 8.91. The first kappa shape index (κ1) is 14.7. The highest BCUT2D eigenvalue weighted by molar-refractivity contribution is 9.10. The number of nitrogens with one attached hydrogen (secondary N) is 1. The molecule has 1 aliphatic carbocycles. The molecule has 0 aliphatic heterocycles. The van der Waals surface area contributed by atoms with Crippen molar-refractivity contribution in [2.24, 2.45) is 0 Å². The van der Waals surface area contributed by atoms with Gasteiger partial charge < -0.3 is 5.32 Å². The number of rotatable bonds is 2. The van der Waals surface area contributed by atoms with Gasteiger partial charge in [0.15, 0.2) is 0 Å². The molecule has 1 N–H and O–H groups in total. The van der Waals surface area contributed by atoms with Gasteiger partial charge in [-0.2, -0.15) is 0 Å². The van der Waals surface area contributed by atoms with Crippen LogP contribution in [0.3, 0.4) is 0 Å². The van der Waals surface area contributed by atoms with Crippen molar-refractivity contribution in [1.29, 1.82) is 0 Å². The van der Waals surface area contributed by atoms with E-state index in [1.807, 2.05) is 13.0 Å². The Kier molecular flexibility index (Phi) is 4.32. The van der Waals surface area contributed by atoms with E-state index in [1.54, 1.807) is 11.3 Å². The Morgan fingerprint density at radius 2 is 2.10 bits per heavy atom. The van der Waals surface area contributed by atoms with Crippen LogP contribution in [-0.4, -0.2) is 0 Å². The Morgan fingerprint density at radius 1 is 1.30 bits per heavy atom. The van der Waals surface area contributed by atoms with Gasteiger partial charge >= 0.3 is 0 Å². The zero-order valence-corrected chi connectivity index (χ0v) is 14.9. The molecule has 1 unspecified atom stereocenters. The number of anilines is 1. The third-order valence-electron chi connectivity index (χ3n) is 3.66. The second-order valence-electron chi connectivity index (χ2n) is 5.10. The van der Waals surface area contributed by atoms with Crippen LogP contribution in [0.15, 0.2) is 22.7 Å². The van der Waals surface area contributed by atoms with Crippen LogP contribution < -0.4 is 5.32 Å². The summed E-state index contributed by atoms with van der Waals surface area (Å²) in [5.41, 5.74) is 3.46. The number of aryl methyl sites for hydroxylation is 2. The van der Waals surface area contributed by atoms with Crippen molar-refractivity contribution in [3.63, 3.8) is 0 Å². The Morgan fingerprint density at radius 3 is 2.90 bits per heavy atom. The fraction of sp³-hybridized carbons (Fsp3) is 0.333. The Balaban J connectivity index is 1.91. The van der Waals surface area contributed by atoms with E-state index in [9.17, 15) is 0 Å². The highest BCUT2D eigenvalue weighted by Crippen LogP contribution is 2.41. The summed E-state index contributed by atoms with van der Waals surface area (Å²) in [4.78, 5) is 1.41. The summed E-state index contributed by atoms with van der Waals surface area (Å²) in [5.74, 6) is 0. The number of halogens is 3. The third-order valence-corrected chi connectivity index (χ3v) is 6.06. The Labute approximate surface area is 141 Å². The minimum Gasteiger partial charge on any atom is -0.377 e. The van der Waals surface area contributed by atoms with Crippen LogP contribution >= 0.6 is 50.5 Å². The number of hydrogen-bond acceptors (Lipinski definition) is 2. The SMILES string of the molecule is Cc1cc(Br)c(NC2CCCc3sc(Cl)cc32)cc1Cl. The Hall–Kier alpha value is -0.220. The van der Waals surface area contributed by atoms with Gasteiger partial charge in [-0.05, 0) is 71.4 Å². The molecule has 2 aromatic rings. The van der Waals surface area contributed by atoms with Crippen molar-refractivity contribution in [2.75, 3.05) is 5.32 Å². The minimum atomic E-state index is 0.317. The van der Waals surface area contributed by atoms with Crippen LogP contribution in [0.25, 0.3) is 0 Å². The average Bonchev–Trinajstić information content (AvgIpc) is 2.77. The highest BCUT2D eigenvalue weighted by Gasteiger charge is 2.23. The molecular weight excluding hydrogens is 377 g/mol. The van der Waals surface area contributed by atoms with Crippen molar-refractivity contribution in [3.05, 3.63) is 48.0 Å². The molecule has 0 spiro atoms. The summed E-state index contributed by atoms with van der Waals surface area (Å²) < 4.78 is 1.93. The maximum atomic E-state index is 6.23. The topological polar surface area (TPSA) is 12.0 Å². The van der Waals surface area contributed by atoms with Crippen LogP contribution in [0, 0.1) is 6.92 Å². The fourth-order valence-electron chi connectivity index (χ4n) is 2.62. The number of fused-ring (bicyclic) bond motifs is 1. The summed E-state index contributed by atoms with van der Waals surface area (Å²) in [6.07, 6.45) is 3.46. The van der Waals surface area contributed by atoms with Gasteiger partial charge in [-0.1, -0.05) is 23.2 Å². The van der Waals surface area contributed by atoms with E-state index in [0.717, 1.165) is 37.9 Å². The maximum absolute atomic E-state index is 6.23. The number of thiophene rings is 1. The monoisotopic (exact) mass is 389 g/mol. The third kappa shape index (κ3) is 2.87. The Bertz CT molecular complexity index is 654. The molecule has 106 valence electrons. The van der Waals surface area contributed by atoms with Crippen molar-refractivity contribution >= 4 is 56.2 Å². The summed E-state index contributed by atoms with van der Waals surface area (Å²) >= 11 is 17.7. The van der Waals surface area contributed by atoms with Gasteiger partial charge in [-0.25, -0.2) is 0 Å². The molecule has 0 saturated carbocycles. The van der Waals surface area contributed by atoms with E-state index in [4.69, 9.17) is 23.2 Å². The van der Waals surface area contributed by atoms with E-state index in [0.29, 0.717) is 6.04 Å². The predicted octanol–water partition coefficient (Wildman–Crippen LogP) is 6.62. The zero-order valence-electron chi connectivity index (χ0n) is 11.0. The van der Waals surface area contributed by atoms with Crippen molar-refractivity contribution in [1.82, 2.24) is 0 Å². The van der Waals surface area contributed by atoms with Gasteiger partial charge in [0.25, 0.3) is 0 Å². The minimum absolute atomic E-state index is 0.317. The zero-order chi connectivity index (χ0) is 14.3. The number of hydrogen-bond donors (Lipinski definition) is 1. The first-order chi connectivity index (χ1) is 9.54. The molecule has 0 saturated heterocycles. The van der Waals surface area contributed by atoms with Gasteiger partial charge in [0, 0.05) is 14.4 Å². The molecule has 1 aromatic heterocycles. The summed E-state index contributed by atoms with van der Waals surface area (Å²) in [7, 11) is 0. The van der Waals surface area contributed by atoms with Crippen LogP contribution in [0.4, 0.5) is 5.69 Å². The average molecular weight is 391 g/mol. The van der Waals surface area contributed by atoms with E-state index in [2.05, 4.69) is 33.4 Å². The van der Waals surface area contributed by atoms with Crippen LogP contribution in [0.2, 0.25) is 9.36 Å². The second-order valence-corrected chi connectivity index (χ2v) is 8.13. The van der Waals surface area contributed by atoms with Gasteiger partial charge in [0.1, 0.15) is 0 Å². The summed E-state index contributed by atoms with van der Waals surface area (Å²) in [5, 5.41) is 4.39. The molecule has 1 atom stereocenters. The molecule has 1 aliphatic rings. The van der Waals surface area contributed by atoms with Gasteiger partial charge in [-0.15, -0.1) is 11.3 Å². The van der Waals surface area contributed by atoms with E-state index in [-0.39, 0.29) is 0 Å². The lowest BCUT2D eigenvalue weighted by atomic mass is 9.94. The second kappa shape index (κ2) is 5.88. The largest absolute Gasteiger partial charge is 0.377 e. The van der Waals surface area contributed by atoms with E-state index >= 15 is 0 Å². The molecule has 20 heavy (non-hydrogen) atoms. The fourth-order valence-corrected chi connectivity index (χ4v) is 4.74. The van der Waals surface area contributed by atoms with Crippen molar-refractivity contribution < 1.29 is 0 Å². The maximum Gasteiger partial charge on any atom is 0.0934 e. The smallest absolute Gasteiger partial charge is 0.0934 e. The molecule has 1 heterocycles. The molecule has 0 amide bonds. The molecule has 1 aromatic carbocycles. The molecule has 0 bridgehead atoms. The lowest BCUT2D eigenvalue weighted by Crippen LogP contribution is -2.15. The van der Waals surface area contributed by atoms with E-state index in [1.165, 1.54) is 16.9 Å². The quantitative estimate of drug-likeness (QED) is 0.607. The lowest BCUT2D eigenvalue weighted by Gasteiger charge is -2.25. The van der Waals surface area contributed by atoms with Crippen LogP contribution in [0.5, 0.6) is 0 Å². The molecule has 5 heteroatoms. The van der Waals surface area contributed by atoms with Crippen molar-refractivity contribution in [2.45, 2.75) is 32.2 Å². The van der Waals surface area contributed by atoms with Gasteiger partial charge in [0.05, 0.1) is 16.1 Å². The van der Waals surface area contributed by atoms with Crippen LogP contribution in [0.1, 0.15) is 34.9 Å². The van der Waals surface area contributed by atoms with Gasteiger partial charge in [0.2, 0.25) is 0 Å². The number of benzene rings is 1. The van der Waals surface area contributed by atoms with Crippen molar-refractivity contribution in [3.8, 4) is 0 Å². The molecule has 0 radical (unpaired) electrons.